The number of nitrogens with zero attached hydrogens (tertiary/aromatic N) is 3. The molecule has 1 aromatic heterocycles. The summed E-state index contributed by atoms with van der Waals surface area (Å²) >= 11 is 5.94. The Hall–Kier alpha value is -2.66. The normalized spacial score (nSPS) is 10.3. The van der Waals surface area contributed by atoms with Crippen LogP contribution in [-0.2, 0) is 0 Å². The molecular weight excluding hydrogens is 290 g/mol. The molecule has 5 nitrogen and oxygen atoms in total. The highest BCUT2D eigenvalue weighted by Gasteiger charge is 2.07. The van der Waals surface area contributed by atoms with Crippen molar-refractivity contribution >= 4 is 17.9 Å². The zero-order valence-corrected chi connectivity index (χ0v) is 11.6. The van der Waals surface area contributed by atoms with E-state index in [0.717, 1.165) is 5.69 Å². The van der Waals surface area contributed by atoms with Crippen molar-refractivity contribution < 1.29 is 9.53 Å². The van der Waals surface area contributed by atoms with Crippen molar-refractivity contribution in [3.05, 3.63) is 65.4 Å². The number of aldehydes is 1. The van der Waals surface area contributed by atoms with Gasteiger partial charge in [-0.15, -0.1) is 5.10 Å². The Bertz CT molecular complexity index is 772. The van der Waals surface area contributed by atoms with Crippen LogP contribution in [-0.4, -0.2) is 21.1 Å². The molecule has 6 heteroatoms. The Balaban J connectivity index is 1.81. The van der Waals surface area contributed by atoms with E-state index < -0.39 is 0 Å². The molecule has 0 atom stereocenters. The van der Waals surface area contributed by atoms with Crippen LogP contribution in [0.4, 0.5) is 0 Å². The van der Waals surface area contributed by atoms with Crippen LogP contribution < -0.4 is 4.74 Å². The zero-order valence-electron chi connectivity index (χ0n) is 10.8. The molecule has 3 rings (SSSR count). The molecule has 0 aliphatic heterocycles. The Morgan fingerprint density at radius 3 is 2.67 bits per heavy atom. The summed E-state index contributed by atoms with van der Waals surface area (Å²) < 4.78 is 7.13. The number of hydrogen-bond acceptors (Lipinski definition) is 4. The topological polar surface area (TPSA) is 57.0 Å². The summed E-state index contributed by atoms with van der Waals surface area (Å²) in [5.74, 6) is 0.469. The van der Waals surface area contributed by atoms with Gasteiger partial charge in [0.05, 0.1) is 10.7 Å². The maximum atomic E-state index is 10.7. The third-order valence-corrected chi connectivity index (χ3v) is 3.13. The summed E-state index contributed by atoms with van der Waals surface area (Å²) in [6, 6.07) is 14.5. The Labute approximate surface area is 125 Å². The lowest BCUT2D eigenvalue weighted by molar-refractivity contribution is 0.112. The van der Waals surface area contributed by atoms with Gasteiger partial charge < -0.3 is 4.74 Å². The molecule has 21 heavy (non-hydrogen) atoms. The summed E-state index contributed by atoms with van der Waals surface area (Å²) in [5, 5.41) is 4.54. The van der Waals surface area contributed by atoms with Gasteiger partial charge in [0, 0.05) is 11.6 Å². The summed E-state index contributed by atoms with van der Waals surface area (Å²) in [5.41, 5.74) is 1.29. The van der Waals surface area contributed by atoms with Gasteiger partial charge in [-0.3, -0.25) is 4.79 Å². The van der Waals surface area contributed by atoms with Gasteiger partial charge in [0.15, 0.2) is 6.29 Å². The zero-order chi connectivity index (χ0) is 14.7. The fourth-order valence-corrected chi connectivity index (χ4v) is 1.99. The molecule has 0 saturated heterocycles. The van der Waals surface area contributed by atoms with Gasteiger partial charge in [0.25, 0.3) is 0 Å². The van der Waals surface area contributed by atoms with Gasteiger partial charge in [-0.25, -0.2) is 4.68 Å². The van der Waals surface area contributed by atoms with Crippen LogP contribution >= 0.6 is 11.6 Å². The van der Waals surface area contributed by atoms with E-state index in [1.54, 1.807) is 29.2 Å². The highest BCUT2D eigenvalue weighted by Crippen LogP contribution is 2.24. The maximum absolute atomic E-state index is 10.7. The molecule has 0 spiro atoms. The molecule has 0 aliphatic carbocycles. The number of hydrogen-bond donors (Lipinski definition) is 0. The van der Waals surface area contributed by atoms with Gasteiger partial charge in [0.2, 0.25) is 0 Å². The minimum atomic E-state index is 0.203. The number of aromatic nitrogens is 3. The van der Waals surface area contributed by atoms with Crippen molar-refractivity contribution in [1.29, 1.82) is 0 Å². The average Bonchev–Trinajstić information content (AvgIpc) is 2.97. The van der Waals surface area contributed by atoms with Crippen LogP contribution in [0.2, 0.25) is 5.02 Å². The molecule has 0 amide bonds. The third kappa shape index (κ3) is 2.93. The average molecular weight is 300 g/mol. The predicted octanol–water partition coefficient (Wildman–Crippen LogP) is 3.53. The van der Waals surface area contributed by atoms with E-state index in [4.69, 9.17) is 16.3 Å². The maximum Gasteiger partial charge on any atom is 0.341 e. The quantitative estimate of drug-likeness (QED) is 0.692. The molecule has 0 N–H and O–H groups in total. The number of carbonyl (C=O) groups excluding carboxylic acids is 1. The molecule has 0 saturated carbocycles. The van der Waals surface area contributed by atoms with Gasteiger partial charge in [0.1, 0.15) is 12.1 Å². The number of carbonyl (C=O) groups is 1. The molecule has 1 heterocycles. The first-order chi connectivity index (χ1) is 10.3. The minimum Gasteiger partial charge on any atom is -0.423 e. The van der Waals surface area contributed by atoms with Crippen LogP contribution in [0.15, 0.2) is 54.9 Å². The number of halogens is 1. The minimum absolute atomic E-state index is 0.203. The van der Waals surface area contributed by atoms with E-state index in [0.29, 0.717) is 22.6 Å². The van der Waals surface area contributed by atoms with E-state index in [1.165, 1.54) is 0 Å². The molecule has 3 aromatic rings. The number of para-hydroxylation sites is 1. The van der Waals surface area contributed by atoms with E-state index in [1.807, 2.05) is 30.3 Å². The lowest BCUT2D eigenvalue weighted by Gasteiger charge is -2.02. The van der Waals surface area contributed by atoms with Crippen molar-refractivity contribution in [1.82, 2.24) is 14.8 Å². The Morgan fingerprint density at radius 2 is 1.95 bits per heavy atom. The highest BCUT2D eigenvalue weighted by molar-refractivity contribution is 6.33. The van der Waals surface area contributed by atoms with Crippen LogP contribution in [0, 0.1) is 0 Å². The van der Waals surface area contributed by atoms with Crippen molar-refractivity contribution in [3.8, 4) is 17.4 Å². The monoisotopic (exact) mass is 299 g/mol. The van der Waals surface area contributed by atoms with E-state index in [-0.39, 0.29) is 6.01 Å². The van der Waals surface area contributed by atoms with Crippen LogP contribution in [0.3, 0.4) is 0 Å². The van der Waals surface area contributed by atoms with Gasteiger partial charge in [-0.1, -0.05) is 29.8 Å². The SMILES string of the molecule is O=Cc1ccc(Oc2ncn(-c3ccccc3)n2)cc1Cl. The van der Waals surface area contributed by atoms with Gasteiger partial charge >= 0.3 is 6.01 Å². The fourth-order valence-electron chi connectivity index (χ4n) is 1.77. The molecule has 0 fully saturated rings. The molecular formula is C15H10ClN3O2. The smallest absolute Gasteiger partial charge is 0.341 e. The molecule has 2 aromatic carbocycles. The summed E-state index contributed by atoms with van der Waals surface area (Å²) in [7, 11) is 0. The lowest BCUT2D eigenvalue weighted by atomic mass is 10.2. The van der Waals surface area contributed by atoms with Gasteiger partial charge in [-0.05, 0) is 24.3 Å². The largest absolute Gasteiger partial charge is 0.423 e. The second-order valence-corrected chi connectivity index (χ2v) is 4.62. The van der Waals surface area contributed by atoms with Crippen molar-refractivity contribution in [3.63, 3.8) is 0 Å². The van der Waals surface area contributed by atoms with Crippen LogP contribution in [0.1, 0.15) is 10.4 Å². The third-order valence-electron chi connectivity index (χ3n) is 2.80. The number of rotatable bonds is 4. The first-order valence-corrected chi connectivity index (χ1v) is 6.54. The molecule has 0 bridgehead atoms. The van der Waals surface area contributed by atoms with Crippen molar-refractivity contribution in [2.24, 2.45) is 0 Å². The first-order valence-electron chi connectivity index (χ1n) is 6.16. The first kappa shape index (κ1) is 13.3. The second-order valence-electron chi connectivity index (χ2n) is 4.21. The van der Waals surface area contributed by atoms with E-state index in [9.17, 15) is 4.79 Å². The lowest BCUT2D eigenvalue weighted by Crippen LogP contribution is -1.94. The fraction of sp³-hybridized carbons (Fsp3) is 0. The highest BCUT2D eigenvalue weighted by atomic mass is 35.5. The second kappa shape index (κ2) is 5.76. The van der Waals surface area contributed by atoms with E-state index in [2.05, 4.69) is 10.1 Å². The predicted molar refractivity (Wildman–Crippen MR) is 78.3 cm³/mol. The van der Waals surface area contributed by atoms with Crippen molar-refractivity contribution in [2.45, 2.75) is 0 Å². The number of benzene rings is 2. The van der Waals surface area contributed by atoms with Crippen LogP contribution in [0.5, 0.6) is 11.8 Å². The summed E-state index contributed by atoms with van der Waals surface area (Å²) in [6.07, 6.45) is 2.25. The van der Waals surface area contributed by atoms with Crippen LogP contribution in [0.25, 0.3) is 5.69 Å². The van der Waals surface area contributed by atoms with Crippen molar-refractivity contribution in [2.75, 3.05) is 0 Å². The number of ether oxygens (including phenoxy) is 1. The molecule has 0 radical (unpaired) electrons. The molecule has 0 unspecified atom stereocenters. The molecule has 104 valence electrons. The Morgan fingerprint density at radius 1 is 1.14 bits per heavy atom. The Kier molecular flexibility index (Phi) is 3.66. The molecule has 0 aliphatic rings. The standard InChI is InChI=1S/C15H10ClN3O2/c16-14-8-13(7-6-11(14)9-20)21-15-17-10-19(18-15)12-4-2-1-3-5-12/h1-10H. The summed E-state index contributed by atoms with van der Waals surface area (Å²) in [4.78, 5) is 14.8. The van der Waals surface area contributed by atoms with E-state index >= 15 is 0 Å². The van der Waals surface area contributed by atoms with Gasteiger partial charge in [-0.2, -0.15) is 4.98 Å². The summed E-state index contributed by atoms with van der Waals surface area (Å²) in [6.45, 7) is 0.